The van der Waals surface area contributed by atoms with Crippen LogP contribution in [0.4, 0.5) is 4.39 Å². The third-order valence-electron chi connectivity index (χ3n) is 9.04. The van der Waals surface area contributed by atoms with E-state index in [9.17, 15) is 24.6 Å². The zero-order valence-electron chi connectivity index (χ0n) is 18.5. The van der Waals surface area contributed by atoms with Crippen LogP contribution in [0.15, 0.2) is 23.8 Å². The van der Waals surface area contributed by atoms with Gasteiger partial charge in [-0.05, 0) is 50.7 Å². The quantitative estimate of drug-likeness (QED) is 0.494. The van der Waals surface area contributed by atoms with Crippen molar-refractivity contribution < 1.29 is 33.7 Å². The summed E-state index contributed by atoms with van der Waals surface area (Å²) in [5.74, 6) is -2.79. The van der Waals surface area contributed by atoms with E-state index in [0.717, 1.165) is 0 Å². The van der Waals surface area contributed by atoms with Crippen LogP contribution in [0.2, 0.25) is 0 Å². The third-order valence-corrected chi connectivity index (χ3v) is 9.04. The maximum absolute atomic E-state index is 17.1. The second-order valence-electron chi connectivity index (χ2n) is 10.3. The van der Waals surface area contributed by atoms with Gasteiger partial charge in [-0.3, -0.25) is 14.4 Å². The molecule has 32 heavy (non-hydrogen) atoms. The van der Waals surface area contributed by atoms with E-state index >= 15 is 4.39 Å². The zero-order chi connectivity index (χ0) is 23.0. The van der Waals surface area contributed by atoms with Crippen molar-refractivity contribution in [1.29, 1.82) is 0 Å². The zero-order valence-corrected chi connectivity index (χ0v) is 18.5. The van der Waals surface area contributed by atoms with Crippen LogP contribution in [0, 0.1) is 28.6 Å². The summed E-state index contributed by atoms with van der Waals surface area (Å²) in [6.07, 6.45) is 4.29. The molecule has 3 saturated carbocycles. The number of hydrogen-bond donors (Lipinski definition) is 2. The molecule has 4 rings (SSSR count). The van der Waals surface area contributed by atoms with E-state index in [1.807, 2.05) is 0 Å². The first-order valence-electron chi connectivity index (χ1n) is 11.0. The van der Waals surface area contributed by atoms with Crippen LogP contribution in [0.25, 0.3) is 0 Å². The summed E-state index contributed by atoms with van der Waals surface area (Å²) in [5.41, 5.74) is -5.10. The number of aliphatic hydroxyl groups is 2. The molecular weight excluding hydrogens is 426 g/mol. The predicted molar refractivity (Wildman–Crippen MR) is 117 cm³/mol. The van der Waals surface area contributed by atoms with Crippen LogP contribution in [0.3, 0.4) is 0 Å². The summed E-state index contributed by atoms with van der Waals surface area (Å²) in [4.78, 5) is 37.0. The van der Waals surface area contributed by atoms with Crippen LogP contribution < -0.4 is 0 Å². The fraction of sp³-hybridized carbons (Fsp3) is 0.708. The fourth-order valence-electron chi connectivity index (χ4n) is 7.74. The Labute approximate surface area is 209 Å². The van der Waals surface area contributed by atoms with Crippen molar-refractivity contribution in [2.45, 2.75) is 70.8 Å². The van der Waals surface area contributed by atoms with Crippen LogP contribution in [0.5, 0.6) is 0 Å². The number of ketones is 2. The van der Waals surface area contributed by atoms with Gasteiger partial charge in [-0.1, -0.05) is 25.5 Å². The van der Waals surface area contributed by atoms with Gasteiger partial charge in [-0.25, -0.2) is 4.39 Å². The van der Waals surface area contributed by atoms with Crippen molar-refractivity contribution in [2.75, 3.05) is 6.61 Å². The Morgan fingerprint density at radius 1 is 1.28 bits per heavy atom. The number of aliphatic hydroxyl groups excluding tert-OH is 2. The van der Waals surface area contributed by atoms with Gasteiger partial charge in [0.05, 0.1) is 6.10 Å². The number of alkyl halides is 1. The van der Waals surface area contributed by atoms with Crippen molar-refractivity contribution in [3.63, 3.8) is 0 Å². The first-order chi connectivity index (χ1) is 14.4. The monoisotopic (exact) mass is 458 g/mol. The Hall–Kier alpha value is -0.860. The number of fused-ring (bicyclic) bond motifs is 5. The summed E-state index contributed by atoms with van der Waals surface area (Å²) in [6.45, 7) is 5.74. The number of hydrogen-bond acceptors (Lipinski definition) is 6. The van der Waals surface area contributed by atoms with Crippen molar-refractivity contribution in [1.82, 2.24) is 0 Å². The van der Waals surface area contributed by atoms with Crippen molar-refractivity contribution in [2.24, 2.45) is 28.6 Å². The van der Waals surface area contributed by atoms with Crippen LogP contribution >= 0.6 is 0 Å². The molecule has 172 valence electrons. The summed E-state index contributed by atoms with van der Waals surface area (Å²) in [6, 6.07) is 0. The molecule has 0 saturated heterocycles. The number of ether oxygens (including phenoxy) is 1. The number of halogens is 1. The number of allylic oxidation sites excluding steroid dienone is 4. The van der Waals surface area contributed by atoms with Crippen LogP contribution in [0.1, 0.15) is 53.4 Å². The Bertz CT molecular complexity index is 916. The predicted octanol–water partition coefficient (Wildman–Crippen LogP) is 1.82. The SMILES string of the molecule is CC(=O)O[C@]1(C(=O)CO)[C@@H](C)C[C@H]2[C@@H]3CCC4=CC(=O)C=C[C@]4(C)[C@@]3(F)[C@@H](O)C[C@@]21C.[NaH]. The topological polar surface area (TPSA) is 101 Å². The minimum absolute atomic E-state index is 0. The average Bonchev–Trinajstić information content (AvgIpc) is 2.90. The molecule has 0 aromatic rings. The first kappa shape index (κ1) is 25.8. The average molecular weight is 459 g/mol. The fourth-order valence-corrected chi connectivity index (χ4v) is 7.74. The Morgan fingerprint density at radius 2 is 1.94 bits per heavy atom. The molecule has 3 fully saturated rings. The Morgan fingerprint density at radius 3 is 2.53 bits per heavy atom. The van der Waals surface area contributed by atoms with Gasteiger partial charge in [0.25, 0.3) is 0 Å². The number of carbonyl (C=O) groups is 3. The Balaban J connectivity index is 0.00000289. The van der Waals surface area contributed by atoms with Gasteiger partial charge in [0.2, 0.25) is 5.78 Å². The van der Waals surface area contributed by atoms with Gasteiger partial charge in [0.15, 0.2) is 17.1 Å². The summed E-state index contributed by atoms with van der Waals surface area (Å²) < 4.78 is 22.8. The molecule has 0 unspecified atom stereocenters. The van der Waals surface area contributed by atoms with Crippen LogP contribution in [-0.4, -0.2) is 81.3 Å². The molecule has 4 aliphatic carbocycles. The molecular formula is C24H32FNaO6. The van der Waals surface area contributed by atoms with Gasteiger partial charge in [0.1, 0.15) is 6.61 Å². The van der Waals surface area contributed by atoms with Crippen molar-refractivity contribution in [3.05, 3.63) is 23.8 Å². The number of esters is 1. The van der Waals surface area contributed by atoms with Gasteiger partial charge < -0.3 is 14.9 Å². The second kappa shape index (κ2) is 8.12. The van der Waals surface area contributed by atoms with Gasteiger partial charge in [-0.2, -0.15) is 0 Å². The molecule has 0 aliphatic heterocycles. The Kier molecular flexibility index (Phi) is 6.54. The minimum atomic E-state index is -2.02. The molecule has 0 spiro atoms. The molecule has 8 heteroatoms. The third kappa shape index (κ3) is 2.97. The van der Waals surface area contributed by atoms with Crippen molar-refractivity contribution in [3.8, 4) is 0 Å². The molecule has 6 nitrogen and oxygen atoms in total. The molecule has 0 aromatic carbocycles. The van der Waals surface area contributed by atoms with E-state index in [-0.39, 0.29) is 47.7 Å². The van der Waals surface area contributed by atoms with E-state index in [2.05, 4.69) is 0 Å². The van der Waals surface area contributed by atoms with E-state index in [0.29, 0.717) is 24.8 Å². The molecule has 2 N–H and O–H groups in total. The van der Waals surface area contributed by atoms with Gasteiger partial charge in [0, 0.05) is 29.6 Å². The van der Waals surface area contributed by atoms with Gasteiger partial charge in [-0.15, -0.1) is 0 Å². The second-order valence-corrected chi connectivity index (χ2v) is 10.3. The van der Waals surface area contributed by atoms with E-state index in [1.165, 1.54) is 19.1 Å². The molecule has 8 atom stereocenters. The first-order valence-corrected chi connectivity index (χ1v) is 11.0. The summed E-state index contributed by atoms with van der Waals surface area (Å²) in [5, 5.41) is 21.1. The van der Waals surface area contributed by atoms with E-state index < -0.39 is 58.4 Å². The van der Waals surface area contributed by atoms with Crippen molar-refractivity contribution >= 4 is 47.1 Å². The molecule has 0 aromatic heterocycles. The molecule has 0 heterocycles. The molecule has 0 radical (unpaired) electrons. The number of carbonyl (C=O) groups excluding carboxylic acids is 3. The number of rotatable bonds is 3. The standard InChI is InChI=1S/C24H31FO6.Na.H/c1-13-9-18-17-6-5-15-10-16(28)7-8-21(15,3)23(17,25)19(29)11-22(18,4)24(13,20(30)12-26)31-14(2)27;;/h7-8,10,13,17-19,26,29H,5-6,9,11-12H2,1-4H3;;/t13-,17-,18-,19-,21-,22-,23-,24-;;/m0../s1. The van der Waals surface area contributed by atoms with E-state index in [1.54, 1.807) is 26.8 Å². The molecule has 4 aliphatic rings. The van der Waals surface area contributed by atoms with E-state index in [4.69, 9.17) is 4.74 Å². The number of Topliss-reactive ketones (excluding diaryl/α,β-unsaturated/α-hetero) is 1. The summed E-state index contributed by atoms with van der Waals surface area (Å²) in [7, 11) is 0. The maximum atomic E-state index is 17.1. The summed E-state index contributed by atoms with van der Waals surface area (Å²) >= 11 is 0. The van der Waals surface area contributed by atoms with Gasteiger partial charge >= 0.3 is 35.5 Å². The normalized spacial score (nSPS) is 46.8. The molecule has 0 amide bonds. The van der Waals surface area contributed by atoms with Crippen LogP contribution in [-0.2, 0) is 19.1 Å². The molecule has 0 bridgehead atoms.